The zero-order chi connectivity index (χ0) is 15.8. The number of hydrogen-bond acceptors (Lipinski definition) is 6. The Hall–Kier alpha value is -2.25. The van der Waals surface area contributed by atoms with E-state index in [0.29, 0.717) is 19.0 Å². The van der Waals surface area contributed by atoms with E-state index in [0.717, 1.165) is 10.9 Å². The van der Waals surface area contributed by atoms with Crippen LogP contribution in [0.5, 0.6) is 0 Å². The molecule has 0 fully saturated rings. The summed E-state index contributed by atoms with van der Waals surface area (Å²) in [5.74, 6) is 0.486. The van der Waals surface area contributed by atoms with Gasteiger partial charge in [0.05, 0.1) is 25.3 Å². The molecule has 7 heteroatoms. The van der Waals surface area contributed by atoms with Crippen molar-refractivity contribution >= 4 is 22.6 Å². The van der Waals surface area contributed by atoms with E-state index in [2.05, 4.69) is 20.6 Å². The Morgan fingerprint density at radius 1 is 1.32 bits per heavy atom. The Labute approximate surface area is 128 Å². The fourth-order valence-electron chi connectivity index (χ4n) is 1.96. The highest BCUT2D eigenvalue weighted by atomic mass is 16.5. The maximum absolute atomic E-state index is 12.0. The van der Waals surface area contributed by atoms with E-state index in [4.69, 9.17) is 9.84 Å². The SMILES string of the molecule is CC(Nc1ncnc2ccccc12)C(=O)NCCOCCO. The number of aromatic nitrogens is 2. The molecular formula is C15H20N4O3. The summed E-state index contributed by atoms with van der Waals surface area (Å²) < 4.78 is 5.08. The first kappa shape index (κ1) is 16.1. The van der Waals surface area contributed by atoms with Gasteiger partial charge in [-0.25, -0.2) is 9.97 Å². The lowest BCUT2D eigenvalue weighted by Crippen LogP contribution is -2.39. The van der Waals surface area contributed by atoms with Crippen LogP contribution < -0.4 is 10.6 Å². The number of ether oxygens (including phenoxy) is 1. The van der Waals surface area contributed by atoms with E-state index in [9.17, 15) is 4.79 Å². The molecule has 3 N–H and O–H groups in total. The number of aliphatic hydroxyl groups excluding tert-OH is 1. The lowest BCUT2D eigenvalue weighted by Gasteiger charge is -2.15. The molecule has 2 rings (SSSR count). The van der Waals surface area contributed by atoms with Crippen LogP contribution in [0.25, 0.3) is 10.9 Å². The highest BCUT2D eigenvalue weighted by molar-refractivity contribution is 5.91. The Kier molecular flexibility index (Phi) is 6.05. The number of anilines is 1. The molecule has 2 aromatic rings. The summed E-state index contributed by atoms with van der Waals surface area (Å²) in [6, 6.07) is 7.18. The molecular weight excluding hydrogens is 284 g/mol. The Morgan fingerprint density at radius 3 is 2.95 bits per heavy atom. The summed E-state index contributed by atoms with van der Waals surface area (Å²) in [7, 11) is 0. The fourth-order valence-corrected chi connectivity index (χ4v) is 1.96. The quantitative estimate of drug-likeness (QED) is 0.617. The van der Waals surface area contributed by atoms with Crippen LogP contribution in [0.2, 0.25) is 0 Å². The summed E-state index contributed by atoms with van der Waals surface area (Å²) in [4.78, 5) is 20.4. The third-order valence-electron chi connectivity index (χ3n) is 3.07. The van der Waals surface area contributed by atoms with Gasteiger partial charge in [-0.1, -0.05) is 12.1 Å². The van der Waals surface area contributed by atoms with Crippen molar-refractivity contribution in [2.45, 2.75) is 13.0 Å². The maximum Gasteiger partial charge on any atom is 0.242 e. The molecule has 0 saturated carbocycles. The zero-order valence-electron chi connectivity index (χ0n) is 12.5. The van der Waals surface area contributed by atoms with E-state index in [1.807, 2.05) is 24.3 Å². The standard InChI is InChI=1S/C15H20N4O3/c1-11(15(21)16-6-8-22-9-7-20)19-14-12-4-2-3-5-13(12)17-10-18-14/h2-5,10-11,20H,6-9H2,1H3,(H,16,21)(H,17,18,19). The van der Waals surface area contributed by atoms with Gasteiger partial charge in [0.25, 0.3) is 0 Å². The average molecular weight is 304 g/mol. The molecule has 0 aliphatic heterocycles. The van der Waals surface area contributed by atoms with E-state index < -0.39 is 6.04 Å². The summed E-state index contributed by atoms with van der Waals surface area (Å²) >= 11 is 0. The number of hydrogen-bond donors (Lipinski definition) is 3. The van der Waals surface area contributed by atoms with E-state index >= 15 is 0 Å². The molecule has 1 amide bonds. The zero-order valence-corrected chi connectivity index (χ0v) is 12.5. The molecule has 1 aromatic heterocycles. The minimum atomic E-state index is -0.434. The fraction of sp³-hybridized carbons (Fsp3) is 0.400. The van der Waals surface area contributed by atoms with Crippen molar-refractivity contribution in [2.24, 2.45) is 0 Å². The minimum Gasteiger partial charge on any atom is -0.394 e. The first-order valence-electron chi connectivity index (χ1n) is 7.15. The molecule has 0 radical (unpaired) electrons. The van der Waals surface area contributed by atoms with Crippen molar-refractivity contribution in [1.29, 1.82) is 0 Å². The molecule has 22 heavy (non-hydrogen) atoms. The second-order valence-electron chi connectivity index (χ2n) is 4.73. The number of nitrogens with one attached hydrogen (secondary N) is 2. The molecule has 7 nitrogen and oxygen atoms in total. The average Bonchev–Trinajstić information content (AvgIpc) is 2.54. The predicted molar refractivity (Wildman–Crippen MR) is 83.5 cm³/mol. The molecule has 0 aliphatic rings. The van der Waals surface area contributed by atoms with Crippen LogP contribution in [0.1, 0.15) is 6.92 Å². The minimum absolute atomic E-state index is 0.0211. The topological polar surface area (TPSA) is 96.4 Å². The van der Waals surface area contributed by atoms with E-state index in [1.54, 1.807) is 6.92 Å². The van der Waals surface area contributed by atoms with Crippen LogP contribution in [0, 0.1) is 0 Å². The second kappa shape index (κ2) is 8.26. The summed E-state index contributed by atoms with van der Waals surface area (Å²) in [5.41, 5.74) is 0.824. The van der Waals surface area contributed by atoms with Gasteiger partial charge >= 0.3 is 0 Å². The van der Waals surface area contributed by atoms with Gasteiger partial charge in [-0.2, -0.15) is 0 Å². The van der Waals surface area contributed by atoms with Crippen LogP contribution in [0.15, 0.2) is 30.6 Å². The molecule has 0 aliphatic carbocycles. The summed E-state index contributed by atoms with van der Waals surface area (Å²) in [6.45, 7) is 2.79. The van der Waals surface area contributed by atoms with Crippen LogP contribution >= 0.6 is 0 Å². The molecule has 0 spiro atoms. The molecule has 0 saturated heterocycles. The van der Waals surface area contributed by atoms with E-state index in [1.165, 1.54) is 6.33 Å². The van der Waals surface area contributed by atoms with Gasteiger partial charge in [-0.3, -0.25) is 4.79 Å². The van der Waals surface area contributed by atoms with Gasteiger partial charge in [-0.05, 0) is 19.1 Å². The normalized spacial score (nSPS) is 12.1. The van der Waals surface area contributed by atoms with Crippen LogP contribution in [-0.2, 0) is 9.53 Å². The van der Waals surface area contributed by atoms with Gasteiger partial charge in [0.15, 0.2) is 0 Å². The second-order valence-corrected chi connectivity index (χ2v) is 4.73. The Balaban J connectivity index is 1.90. The number of para-hydroxylation sites is 1. The van der Waals surface area contributed by atoms with Crippen molar-refractivity contribution in [3.05, 3.63) is 30.6 Å². The number of aliphatic hydroxyl groups is 1. The number of nitrogens with zero attached hydrogens (tertiary/aromatic N) is 2. The molecule has 1 unspecified atom stereocenters. The van der Waals surface area contributed by atoms with Crippen molar-refractivity contribution in [1.82, 2.24) is 15.3 Å². The number of fused-ring (bicyclic) bond motifs is 1. The number of carbonyl (C=O) groups is 1. The van der Waals surface area contributed by atoms with E-state index in [-0.39, 0.29) is 19.1 Å². The first-order chi connectivity index (χ1) is 10.7. The van der Waals surface area contributed by atoms with Gasteiger partial charge in [0.2, 0.25) is 5.91 Å². The lowest BCUT2D eigenvalue weighted by molar-refractivity contribution is -0.121. The Bertz CT molecular complexity index is 615. The van der Waals surface area contributed by atoms with Crippen LogP contribution in [-0.4, -0.2) is 53.4 Å². The summed E-state index contributed by atoms with van der Waals surface area (Å²) in [6.07, 6.45) is 1.47. The Morgan fingerprint density at radius 2 is 2.14 bits per heavy atom. The maximum atomic E-state index is 12.0. The highest BCUT2D eigenvalue weighted by Gasteiger charge is 2.14. The number of benzene rings is 1. The number of carbonyl (C=O) groups excluding carboxylic acids is 1. The van der Waals surface area contributed by atoms with Crippen molar-refractivity contribution in [3.63, 3.8) is 0 Å². The van der Waals surface area contributed by atoms with Crippen molar-refractivity contribution in [2.75, 3.05) is 31.7 Å². The van der Waals surface area contributed by atoms with Gasteiger partial charge in [0, 0.05) is 11.9 Å². The van der Waals surface area contributed by atoms with Crippen LogP contribution in [0.3, 0.4) is 0 Å². The smallest absolute Gasteiger partial charge is 0.242 e. The van der Waals surface area contributed by atoms with Crippen LogP contribution in [0.4, 0.5) is 5.82 Å². The largest absolute Gasteiger partial charge is 0.394 e. The summed E-state index contributed by atoms with van der Waals surface area (Å²) in [5, 5.41) is 15.3. The number of rotatable bonds is 8. The molecule has 0 bridgehead atoms. The van der Waals surface area contributed by atoms with Crippen molar-refractivity contribution in [3.8, 4) is 0 Å². The predicted octanol–water partition coefficient (Wildman–Crippen LogP) is 0.555. The molecule has 118 valence electrons. The first-order valence-corrected chi connectivity index (χ1v) is 7.15. The van der Waals surface area contributed by atoms with Gasteiger partial charge in [0.1, 0.15) is 18.2 Å². The molecule has 1 atom stereocenters. The monoisotopic (exact) mass is 304 g/mol. The van der Waals surface area contributed by atoms with Crippen molar-refractivity contribution < 1.29 is 14.6 Å². The van der Waals surface area contributed by atoms with Gasteiger partial charge < -0.3 is 20.5 Å². The highest BCUT2D eigenvalue weighted by Crippen LogP contribution is 2.18. The third kappa shape index (κ3) is 4.37. The molecule has 1 heterocycles. The lowest BCUT2D eigenvalue weighted by atomic mass is 10.2. The number of amides is 1. The molecule has 1 aromatic carbocycles. The third-order valence-corrected chi connectivity index (χ3v) is 3.07. The van der Waals surface area contributed by atoms with Gasteiger partial charge in [-0.15, -0.1) is 0 Å².